The third kappa shape index (κ3) is 3.27. The maximum Gasteiger partial charge on any atom is 0.242 e. The van der Waals surface area contributed by atoms with Gasteiger partial charge in [-0.1, -0.05) is 18.1 Å². The molecular formula is C11H19N5O2. The summed E-state index contributed by atoms with van der Waals surface area (Å²) in [6, 6.07) is -0.135. The van der Waals surface area contributed by atoms with Crippen LogP contribution in [0.3, 0.4) is 0 Å². The van der Waals surface area contributed by atoms with Gasteiger partial charge in [-0.25, -0.2) is 4.68 Å². The van der Waals surface area contributed by atoms with Gasteiger partial charge >= 0.3 is 0 Å². The molecule has 2 atom stereocenters. The molecule has 0 bridgehead atoms. The van der Waals surface area contributed by atoms with Crippen LogP contribution in [0.4, 0.5) is 0 Å². The molecule has 1 saturated carbocycles. The van der Waals surface area contributed by atoms with Gasteiger partial charge in [-0.15, -0.1) is 5.10 Å². The molecule has 0 aliphatic heterocycles. The summed E-state index contributed by atoms with van der Waals surface area (Å²) in [6.07, 6.45) is 4.87. The van der Waals surface area contributed by atoms with Crippen LogP contribution in [0, 0.1) is 0 Å². The highest BCUT2D eigenvalue weighted by atomic mass is 16.3. The summed E-state index contributed by atoms with van der Waals surface area (Å²) < 4.78 is 1.45. The minimum absolute atomic E-state index is 0.107. The van der Waals surface area contributed by atoms with Crippen molar-refractivity contribution in [2.24, 2.45) is 5.73 Å². The van der Waals surface area contributed by atoms with E-state index in [1.54, 1.807) is 6.20 Å². The van der Waals surface area contributed by atoms with E-state index in [2.05, 4.69) is 15.6 Å². The summed E-state index contributed by atoms with van der Waals surface area (Å²) in [5.41, 5.74) is 6.07. The highest BCUT2D eigenvalue weighted by molar-refractivity contribution is 5.76. The second-order valence-electron chi connectivity index (χ2n) is 4.64. The standard InChI is InChI=1S/C11H19N5O2/c12-5-8-6-16(15-14-8)7-11(18)13-9-3-1-2-4-10(9)17/h6,9-10,17H,1-5,7,12H2,(H,13,18)/t9-,10-/m0/s1. The smallest absolute Gasteiger partial charge is 0.242 e. The summed E-state index contributed by atoms with van der Waals surface area (Å²) >= 11 is 0. The van der Waals surface area contributed by atoms with Gasteiger partial charge in [-0.05, 0) is 12.8 Å². The molecule has 1 heterocycles. The Kier molecular flexibility index (Phi) is 4.27. The number of nitrogens with two attached hydrogens (primary N) is 1. The number of aromatic nitrogens is 3. The second kappa shape index (κ2) is 5.92. The zero-order chi connectivity index (χ0) is 13.0. The molecule has 7 heteroatoms. The fraction of sp³-hybridized carbons (Fsp3) is 0.727. The molecule has 0 radical (unpaired) electrons. The third-order valence-corrected chi connectivity index (χ3v) is 3.18. The largest absolute Gasteiger partial charge is 0.391 e. The first-order valence-corrected chi connectivity index (χ1v) is 6.25. The number of nitrogens with zero attached hydrogens (tertiary/aromatic N) is 3. The van der Waals surface area contributed by atoms with Crippen LogP contribution in [0.15, 0.2) is 6.20 Å². The van der Waals surface area contributed by atoms with Crippen LogP contribution in [-0.4, -0.2) is 38.2 Å². The van der Waals surface area contributed by atoms with Gasteiger partial charge in [0.15, 0.2) is 0 Å². The van der Waals surface area contributed by atoms with Crippen LogP contribution in [0.25, 0.3) is 0 Å². The van der Waals surface area contributed by atoms with E-state index < -0.39 is 6.10 Å². The van der Waals surface area contributed by atoms with Gasteiger partial charge in [0.25, 0.3) is 0 Å². The summed E-state index contributed by atoms with van der Waals surface area (Å²) in [5.74, 6) is -0.158. The molecule has 1 fully saturated rings. The number of carbonyl (C=O) groups is 1. The highest BCUT2D eigenvalue weighted by Gasteiger charge is 2.24. The van der Waals surface area contributed by atoms with E-state index in [0.717, 1.165) is 25.7 Å². The number of rotatable bonds is 4. The highest BCUT2D eigenvalue weighted by Crippen LogP contribution is 2.18. The quantitative estimate of drug-likeness (QED) is 0.648. The predicted molar refractivity (Wildman–Crippen MR) is 64.3 cm³/mol. The van der Waals surface area contributed by atoms with Crippen LogP contribution in [0.1, 0.15) is 31.4 Å². The SMILES string of the molecule is NCc1cn(CC(=O)N[C@H]2CCCC[C@@H]2O)nn1. The summed E-state index contributed by atoms with van der Waals surface area (Å²) in [7, 11) is 0. The van der Waals surface area contributed by atoms with Crippen LogP contribution < -0.4 is 11.1 Å². The third-order valence-electron chi connectivity index (χ3n) is 3.18. The van der Waals surface area contributed by atoms with Crippen molar-refractivity contribution in [2.75, 3.05) is 0 Å². The minimum atomic E-state index is -0.432. The summed E-state index contributed by atoms with van der Waals surface area (Å²) in [5, 5.41) is 20.2. The maximum absolute atomic E-state index is 11.8. The first kappa shape index (κ1) is 13.0. The lowest BCUT2D eigenvalue weighted by Crippen LogP contribution is -2.46. The number of hydrogen-bond acceptors (Lipinski definition) is 5. The van der Waals surface area contributed by atoms with Gasteiger partial charge in [-0.3, -0.25) is 4.79 Å². The molecule has 1 aliphatic rings. The predicted octanol–water partition coefficient (Wildman–Crippen LogP) is -0.843. The van der Waals surface area contributed by atoms with Gasteiger partial charge < -0.3 is 16.2 Å². The molecule has 4 N–H and O–H groups in total. The van der Waals surface area contributed by atoms with Crippen molar-refractivity contribution in [3.05, 3.63) is 11.9 Å². The monoisotopic (exact) mass is 253 g/mol. The number of carbonyl (C=O) groups excluding carboxylic acids is 1. The molecule has 1 aliphatic carbocycles. The van der Waals surface area contributed by atoms with Gasteiger partial charge in [0.05, 0.1) is 24.0 Å². The molecule has 0 spiro atoms. The van der Waals surface area contributed by atoms with E-state index in [4.69, 9.17) is 5.73 Å². The molecule has 0 saturated heterocycles. The van der Waals surface area contributed by atoms with E-state index in [9.17, 15) is 9.90 Å². The van der Waals surface area contributed by atoms with Crippen molar-refractivity contribution in [2.45, 2.75) is 50.9 Å². The lowest BCUT2D eigenvalue weighted by atomic mass is 9.92. The second-order valence-corrected chi connectivity index (χ2v) is 4.64. The molecule has 1 aromatic rings. The Labute approximate surface area is 105 Å². The Morgan fingerprint density at radius 2 is 2.33 bits per heavy atom. The molecule has 0 unspecified atom stereocenters. The first-order chi connectivity index (χ1) is 8.69. The molecule has 0 aromatic carbocycles. The molecule has 1 amide bonds. The number of aliphatic hydroxyl groups excluding tert-OH is 1. The van der Waals surface area contributed by atoms with Crippen molar-refractivity contribution >= 4 is 5.91 Å². The molecule has 100 valence electrons. The molecule has 7 nitrogen and oxygen atoms in total. The van der Waals surface area contributed by atoms with Crippen LogP contribution in [0.2, 0.25) is 0 Å². The van der Waals surface area contributed by atoms with Crippen molar-refractivity contribution < 1.29 is 9.90 Å². The van der Waals surface area contributed by atoms with E-state index in [-0.39, 0.29) is 18.5 Å². The molecule has 18 heavy (non-hydrogen) atoms. The van der Waals surface area contributed by atoms with E-state index >= 15 is 0 Å². The van der Waals surface area contributed by atoms with Crippen molar-refractivity contribution in [1.82, 2.24) is 20.3 Å². The lowest BCUT2D eigenvalue weighted by molar-refractivity contribution is -0.123. The minimum Gasteiger partial charge on any atom is -0.391 e. The maximum atomic E-state index is 11.8. The zero-order valence-electron chi connectivity index (χ0n) is 10.2. The lowest BCUT2D eigenvalue weighted by Gasteiger charge is -2.28. The van der Waals surface area contributed by atoms with E-state index in [1.807, 2.05) is 0 Å². The van der Waals surface area contributed by atoms with Gasteiger partial charge in [0, 0.05) is 6.54 Å². The number of nitrogens with one attached hydrogen (secondary N) is 1. The Morgan fingerprint density at radius 3 is 3.00 bits per heavy atom. The van der Waals surface area contributed by atoms with Crippen LogP contribution >= 0.6 is 0 Å². The normalized spacial score (nSPS) is 23.9. The zero-order valence-corrected chi connectivity index (χ0v) is 10.2. The first-order valence-electron chi connectivity index (χ1n) is 6.25. The Balaban J connectivity index is 1.84. The molecule has 1 aromatic heterocycles. The van der Waals surface area contributed by atoms with Crippen molar-refractivity contribution in [1.29, 1.82) is 0 Å². The van der Waals surface area contributed by atoms with Crippen LogP contribution in [-0.2, 0) is 17.9 Å². The fourth-order valence-corrected chi connectivity index (χ4v) is 2.19. The topological polar surface area (TPSA) is 106 Å². The summed E-state index contributed by atoms with van der Waals surface area (Å²) in [4.78, 5) is 11.8. The number of hydrogen-bond donors (Lipinski definition) is 3. The van der Waals surface area contributed by atoms with E-state index in [1.165, 1.54) is 4.68 Å². The average molecular weight is 253 g/mol. The van der Waals surface area contributed by atoms with Gasteiger partial charge in [0.1, 0.15) is 6.54 Å². The van der Waals surface area contributed by atoms with Crippen molar-refractivity contribution in [3.63, 3.8) is 0 Å². The summed E-state index contributed by atoms with van der Waals surface area (Å²) in [6.45, 7) is 0.416. The van der Waals surface area contributed by atoms with Gasteiger partial charge in [0.2, 0.25) is 5.91 Å². The Hall–Kier alpha value is -1.47. The number of aliphatic hydroxyl groups is 1. The van der Waals surface area contributed by atoms with Crippen molar-refractivity contribution in [3.8, 4) is 0 Å². The van der Waals surface area contributed by atoms with E-state index in [0.29, 0.717) is 12.2 Å². The molecule has 2 rings (SSSR count). The number of amides is 1. The fourth-order valence-electron chi connectivity index (χ4n) is 2.19. The van der Waals surface area contributed by atoms with Crippen LogP contribution in [0.5, 0.6) is 0 Å². The van der Waals surface area contributed by atoms with Gasteiger partial charge in [-0.2, -0.15) is 0 Å². The Morgan fingerprint density at radius 1 is 1.56 bits per heavy atom. The average Bonchev–Trinajstić information content (AvgIpc) is 2.80. The Bertz CT molecular complexity index is 406. The molecular weight excluding hydrogens is 234 g/mol.